The molecule has 2 atom stereocenters. The summed E-state index contributed by atoms with van der Waals surface area (Å²) in [6.07, 6.45) is -1.13. The van der Waals surface area contributed by atoms with E-state index in [1.807, 2.05) is 5.32 Å². The summed E-state index contributed by atoms with van der Waals surface area (Å²) >= 11 is 0. The van der Waals surface area contributed by atoms with Crippen molar-refractivity contribution in [2.24, 2.45) is 0 Å². The van der Waals surface area contributed by atoms with E-state index in [9.17, 15) is 38.4 Å². The Hall–Kier alpha value is -4.62. The first-order valence-electron chi connectivity index (χ1n) is 13.3. The first-order valence-corrected chi connectivity index (χ1v) is 13.3. The van der Waals surface area contributed by atoms with Crippen molar-refractivity contribution in [3.8, 4) is 0 Å². The number of nitrogens with one attached hydrogen (secondary N) is 3. The summed E-state index contributed by atoms with van der Waals surface area (Å²) in [7, 11) is 0. The van der Waals surface area contributed by atoms with Gasteiger partial charge in [0.15, 0.2) is 11.5 Å². The molecular weight excluding hydrogens is 540 g/mol. The maximum atomic E-state index is 13.3. The van der Waals surface area contributed by atoms with Gasteiger partial charge in [-0.15, -0.1) is 0 Å². The number of esters is 2. The van der Waals surface area contributed by atoms with Crippen LogP contribution in [0, 0.1) is 0 Å². The average Bonchev–Trinajstić information content (AvgIpc) is 3.26. The number of ether oxygens (including phenoxy) is 2. The van der Waals surface area contributed by atoms with Gasteiger partial charge in [-0.1, -0.05) is 37.3 Å². The van der Waals surface area contributed by atoms with Gasteiger partial charge < -0.3 is 14.8 Å². The van der Waals surface area contributed by atoms with Gasteiger partial charge in [-0.25, -0.2) is 4.79 Å². The number of hydrogen-bond acceptors (Lipinski definition) is 10. The molecule has 2 fully saturated rings. The smallest absolute Gasteiger partial charge is 0.330 e. The quantitative estimate of drug-likeness (QED) is 0.118. The van der Waals surface area contributed by atoms with E-state index >= 15 is 0 Å². The van der Waals surface area contributed by atoms with Crippen LogP contribution >= 0.6 is 0 Å². The molecule has 2 unspecified atom stereocenters. The number of barbiturate groups is 1. The van der Waals surface area contributed by atoms with Crippen molar-refractivity contribution >= 4 is 47.5 Å². The Labute approximate surface area is 235 Å². The van der Waals surface area contributed by atoms with Crippen molar-refractivity contribution in [1.82, 2.24) is 20.9 Å². The highest BCUT2D eigenvalue weighted by molar-refractivity contribution is 6.22. The second-order valence-corrected chi connectivity index (χ2v) is 9.46. The van der Waals surface area contributed by atoms with E-state index < -0.39 is 53.1 Å². The third-order valence-electron chi connectivity index (χ3n) is 6.72. The molecule has 1 aromatic rings. The van der Waals surface area contributed by atoms with E-state index in [0.29, 0.717) is 18.4 Å². The molecule has 220 valence electrons. The standard InChI is InChI=1S/C27H32N4O10/c1-2-27(17-8-4-3-5-9-17)24(37)30-26(39)31(25(27)38)14-7-6-10-19(32)28-13-15-40-21(34)11-12-22(35)41-18-16-20(33)29-23(18)36/h3-5,8-9,18H,2,6-7,10-16H2,1H3,(H,28,32)(H,29,33,36)(H,30,37,39). The molecule has 0 radical (unpaired) electrons. The number of amides is 7. The van der Waals surface area contributed by atoms with Gasteiger partial charge in [0.2, 0.25) is 17.7 Å². The molecule has 2 saturated heterocycles. The molecule has 14 heteroatoms. The second-order valence-electron chi connectivity index (χ2n) is 9.46. The fraction of sp³-hybridized carbons (Fsp3) is 0.481. The number of urea groups is 1. The van der Waals surface area contributed by atoms with Crippen LogP contribution < -0.4 is 16.0 Å². The molecule has 0 spiro atoms. The van der Waals surface area contributed by atoms with Crippen LogP contribution in [0.25, 0.3) is 0 Å². The van der Waals surface area contributed by atoms with Crippen LogP contribution in [0.4, 0.5) is 4.79 Å². The molecule has 3 N–H and O–H groups in total. The van der Waals surface area contributed by atoms with Crippen molar-refractivity contribution in [2.75, 3.05) is 19.7 Å². The SMILES string of the molecule is CCC1(c2ccccc2)C(=O)NC(=O)N(CCCCC(=O)NCCOC(=O)CCC(=O)OC2CC(=O)NC2=O)C1=O. The molecule has 7 amide bonds. The summed E-state index contributed by atoms with van der Waals surface area (Å²) in [6, 6.07) is 7.75. The summed E-state index contributed by atoms with van der Waals surface area (Å²) < 4.78 is 9.79. The monoisotopic (exact) mass is 572 g/mol. The number of benzene rings is 1. The predicted octanol–water partition coefficient (Wildman–Crippen LogP) is -0.0190. The van der Waals surface area contributed by atoms with E-state index in [4.69, 9.17) is 9.47 Å². The Morgan fingerprint density at radius 3 is 2.34 bits per heavy atom. The highest BCUT2D eigenvalue weighted by atomic mass is 16.6. The normalized spacial score (nSPS) is 20.4. The van der Waals surface area contributed by atoms with Crippen molar-refractivity contribution in [1.29, 1.82) is 0 Å². The Morgan fingerprint density at radius 1 is 0.976 bits per heavy atom. The van der Waals surface area contributed by atoms with E-state index in [1.165, 1.54) is 0 Å². The molecule has 0 saturated carbocycles. The largest absolute Gasteiger partial charge is 0.464 e. The van der Waals surface area contributed by atoms with Gasteiger partial charge >= 0.3 is 18.0 Å². The number of imide groups is 3. The molecule has 0 aromatic heterocycles. The van der Waals surface area contributed by atoms with Gasteiger partial charge in [-0.05, 0) is 24.8 Å². The summed E-state index contributed by atoms with van der Waals surface area (Å²) in [5, 5.41) is 6.86. The second kappa shape index (κ2) is 14.1. The molecule has 14 nitrogen and oxygen atoms in total. The van der Waals surface area contributed by atoms with Gasteiger partial charge in [0.1, 0.15) is 6.61 Å². The van der Waals surface area contributed by atoms with E-state index in [0.717, 1.165) is 4.90 Å². The number of unbranched alkanes of at least 4 members (excludes halogenated alkanes) is 1. The molecular formula is C27H32N4O10. The minimum atomic E-state index is -1.50. The molecule has 41 heavy (non-hydrogen) atoms. The van der Waals surface area contributed by atoms with Gasteiger partial charge in [-0.2, -0.15) is 0 Å². The van der Waals surface area contributed by atoms with E-state index in [2.05, 4.69) is 10.6 Å². The molecule has 2 aliphatic heterocycles. The third kappa shape index (κ3) is 7.74. The molecule has 2 aliphatic rings. The minimum Gasteiger partial charge on any atom is -0.464 e. The number of rotatable bonds is 14. The molecule has 0 bridgehead atoms. The maximum Gasteiger partial charge on any atom is 0.330 e. The van der Waals surface area contributed by atoms with Crippen LogP contribution in [0.1, 0.15) is 57.4 Å². The number of carbonyl (C=O) groups excluding carboxylic acids is 8. The lowest BCUT2D eigenvalue weighted by molar-refractivity contribution is -0.156. The Morgan fingerprint density at radius 2 is 1.68 bits per heavy atom. The zero-order valence-electron chi connectivity index (χ0n) is 22.6. The summed E-state index contributed by atoms with van der Waals surface area (Å²) in [6.45, 7) is 1.64. The van der Waals surface area contributed by atoms with E-state index in [-0.39, 0.29) is 57.7 Å². The third-order valence-corrected chi connectivity index (χ3v) is 6.72. The zero-order valence-corrected chi connectivity index (χ0v) is 22.6. The summed E-state index contributed by atoms with van der Waals surface area (Å²) in [5.74, 6) is -4.35. The Balaban J connectivity index is 1.31. The van der Waals surface area contributed by atoms with E-state index in [1.54, 1.807) is 37.3 Å². The van der Waals surface area contributed by atoms with Crippen LogP contribution in [0.2, 0.25) is 0 Å². The molecule has 1 aromatic carbocycles. The van der Waals surface area contributed by atoms with Crippen molar-refractivity contribution in [3.63, 3.8) is 0 Å². The highest BCUT2D eigenvalue weighted by Crippen LogP contribution is 2.33. The molecule has 2 heterocycles. The Kier molecular flexibility index (Phi) is 10.7. The van der Waals surface area contributed by atoms with Crippen molar-refractivity contribution < 1.29 is 47.8 Å². The van der Waals surface area contributed by atoms with Crippen LogP contribution in [0.15, 0.2) is 30.3 Å². The van der Waals surface area contributed by atoms with Gasteiger partial charge in [0.05, 0.1) is 25.8 Å². The molecule has 3 rings (SSSR count). The topological polar surface area (TPSA) is 194 Å². The lowest BCUT2D eigenvalue weighted by Crippen LogP contribution is -2.65. The average molecular weight is 573 g/mol. The predicted molar refractivity (Wildman–Crippen MR) is 138 cm³/mol. The summed E-state index contributed by atoms with van der Waals surface area (Å²) in [5.41, 5.74) is -1.00. The van der Waals surface area contributed by atoms with Crippen LogP contribution in [-0.4, -0.2) is 78.2 Å². The highest BCUT2D eigenvalue weighted by Gasteiger charge is 2.53. The number of hydrogen-bond donors (Lipinski definition) is 3. The fourth-order valence-corrected chi connectivity index (χ4v) is 4.51. The fourth-order valence-electron chi connectivity index (χ4n) is 4.51. The first kappa shape index (κ1) is 30.9. The lowest BCUT2D eigenvalue weighted by atomic mass is 9.74. The lowest BCUT2D eigenvalue weighted by Gasteiger charge is -2.39. The zero-order chi connectivity index (χ0) is 30.0. The van der Waals surface area contributed by atoms with Crippen LogP contribution in [-0.2, 0) is 48.5 Å². The van der Waals surface area contributed by atoms with Crippen LogP contribution in [0.3, 0.4) is 0 Å². The van der Waals surface area contributed by atoms with Crippen molar-refractivity contribution in [3.05, 3.63) is 35.9 Å². The number of nitrogens with zero attached hydrogens (tertiary/aromatic N) is 1. The molecule has 0 aliphatic carbocycles. The Bertz CT molecular complexity index is 1220. The van der Waals surface area contributed by atoms with Crippen LogP contribution in [0.5, 0.6) is 0 Å². The van der Waals surface area contributed by atoms with Gasteiger partial charge in [-0.3, -0.25) is 49.1 Å². The summed E-state index contributed by atoms with van der Waals surface area (Å²) in [4.78, 5) is 97.5. The van der Waals surface area contributed by atoms with Crippen molar-refractivity contribution in [2.45, 2.75) is 63.4 Å². The van der Waals surface area contributed by atoms with Gasteiger partial charge in [0, 0.05) is 13.0 Å². The number of carbonyl (C=O) groups is 8. The first-order chi connectivity index (χ1) is 19.6. The van der Waals surface area contributed by atoms with Gasteiger partial charge in [0.25, 0.3) is 11.8 Å². The maximum absolute atomic E-state index is 13.3. The minimum absolute atomic E-state index is 0.0293.